The van der Waals surface area contributed by atoms with Crippen LogP contribution in [0.4, 0.5) is 0 Å². The van der Waals surface area contributed by atoms with E-state index in [2.05, 4.69) is 42.7 Å². The first-order chi connectivity index (χ1) is 9.75. The summed E-state index contributed by atoms with van der Waals surface area (Å²) in [5, 5.41) is 0. The summed E-state index contributed by atoms with van der Waals surface area (Å²) in [7, 11) is 0. The molecular formula is C17H23NO2. The second-order valence-corrected chi connectivity index (χ2v) is 5.25. The van der Waals surface area contributed by atoms with Gasteiger partial charge in [0.15, 0.2) is 0 Å². The summed E-state index contributed by atoms with van der Waals surface area (Å²) in [5.74, 6) is 7.65. The van der Waals surface area contributed by atoms with Crippen molar-refractivity contribution in [2.24, 2.45) is 0 Å². The van der Waals surface area contributed by atoms with E-state index >= 15 is 0 Å². The van der Waals surface area contributed by atoms with Gasteiger partial charge < -0.3 is 9.47 Å². The molecule has 3 nitrogen and oxygen atoms in total. The fourth-order valence-electron chi connectivity index (χ4n) is 2.05. The minimum Gasteiger partial charge on any atom is -0.481 e. The zero-order valence-corrected chi connectivity index (χ0v) is 12.4. The number of nitrogens with zero attached hydrogens (tertiary/aromatic N) is 1. The largest absolute Gasteiger partial charge is 0.481 e. The van der Waals surface area contributed by atoms with Crippen LogP contribution < -0.4 is 4.74 Å². The van der Waals surface area contributed by atoms with Gasteiger partial charge in [-0.25, -0.2) is 0 Å². The molecule has 1 heterocycles. The summed E-state index contributed by atoms with van der Waals surface area (Å²) >= 11 is 0. The third kappa shape index (κ3) is 4.88. The Hall–Kier alpha value is -1.50. The van der Waals surface area contributed by atoms with E-state index in [1.54, 1.807) is 0 Å². The Labute approximate surface area is 121 Å². The van der Waals surface area contributed by atoms with E-state index in [0.717, 1.165) is 38.6 Å². The van der Waals surface area contributed by atoms with Gasteiger partial charge in [-0.2, -0.15) is 0 Å². The molecule has 0 N–H and O–H groups in total. The summed E-state index contributed by atoms with van der Waals surface area (Å²) in [5.41, 5.74) is 1.33. The Bertz CT molecular complexity index is 450. The smallest absolute Gasteiger partial charge is 0.149 e. The van der Waals surface area contributed by atoms with Crippen LogP contribution >= 0.6 is 0 Å². The fraction of sp³-hybridized carbons (Fsp3) is 0.529. The Morgan fingerprint density at radius 3 is 2.50 bits per heavy atom. The molecule has 1 aromatic rings. The van der Waals surface area contributed by atoms with Crippen molar-refractivity contribution in [3.05, 3.63) is 29.8 Å². The summed E-state index contributed by atoms with van der Waals surface area (Å²) in [4.78, 5) is 2.30. The minimum atomic E-state index is 0.450. The van der Waals surface area contributed by atoms with Crippen molar-refractivity contribution in [1.82, 2.24) is 4.90 Å². The molecule has 1 fully saturated rings. The molecule has 1 aliphatic rings. The topological polar surface area (TPSA) is 21.7 Å². The Kier molecular flexibility index (Phi) is 5.91. The van der Waals surface area contributed by atoms with Gasteiger partial charge in [-0.05, 0) is 23.6 Å². The summed E-state index contributed by atoms with van der Waals surface area (Å²) in [6.07, 6.45) is 0. The molecule has 0 amide bonds. The van der Waals surface area contributed by atoms with Crippen molar-refractivity contribution in [3.8, 4) is 17.6 Å². The monoisotopic (exact) mass is 273 g/mol. The second kappa shape index (κ2) is 7.94. The van der Waals surface area contributed by atoms with E-state index in [0.29, 0.717) is 12.5 Å². The third-order valence-electron chi connectivity index (χ3n) is 3.39. The predicted octanol–water partition coefficient (Wildman–Crippen LogP) is 2.52. The molecule has 0 aromatic heterocycles. The van der Waals surface area contributed by atoms with Gasteiger partial charge in [-0.3, -0.25) is 4.90 Å². The van der Waals surface area contributed by atoms with Crippen molar-refractivity contribution in [2.45, 2.75) is 19.8 Å². The fourth-order valence-corrected chi connectivity index (χ4v) is 2.05. The highest BCUT2D eigenvalue weighted by Gasteiger charge is 2.07. The number of hydrogen-bond acceptors (Lipinski definition) is 3. The number of ether oxygens (including phenoxy) is 2. The maximum atomic E-state index is 5.61. The van der Waals surface area contributed by atoms with Gasteiger partial charge >= 0.3 is 0 Å². The molecule has 0 aliphatic carbocycles. The Morgan fingerprint density at radius 2 is 1.85 bits per heavy atom. The van der Waals surface area contributed by atoms with Gasteiger partial charge in [0.05, 0.1) is 19.8 Å². The van der Waals surface area contributed by atoms with Crippen molar-refractivity contribution in [1.29, 1.82) is 0 Å². The van der Waals surface area contributed by atoms with E-state index < -0.39 is 0 Å². The predicted molar refractivity (Wildman–Crippen MR) is 81.1 cm³/mol. The van der Waals surface area contributed by atoms with E-state index in [1.165, 1.54) is 5.56 Å². The van der Waals surface area contributed by atoms with Gasteiger partial charge in [0.1, 0.15) is 12.4 Å². The SMILES string of the molecule is CC(C)c1ccc(OCC#CCN2CCOCC2)cc1. The van der Waals surface area contributed by atoms with Gasteiger partial charge in [0.25, 0.3) is 0 Å². The number of morpholine rings is 1. The van der Waals surface area contributed by atoms with Crippen LogP contribution in [-0.2, 0) is 4.74 Å². The molecule has 1 aliphatic heterocycles. The van der Waals surface area contributed by atoms with Gasteiger partial charge in [-0.1, -0.05) is 37.8 Å². The molecule has 0 atom stereocenters. The Balaban J connectivity index is 1.70. The minimum absolute atomic E-state index is 0.450. The van der Waals surface area contributed by atoms with Gasteiger partial charge in [-0.15, -0.1) is 0 Å². The lowest BCUT2D eigenvalue weighted by molar-refractivity contribution is 0.0443. The summed E-state index contributed by atoms with van der Waals surface area (Å²) in [6, 6.07) is 8.25. The quantitative estimate of drug-likeness (QED) is 0.787. The molecule has 0 spiro atoms. The van der Waals surface area contributed by atoms with Crippen LogP contribution in [-0.4, -0.2) is 44.4 Å². The van der Waals surface area contributed by atoms with Crippen LogP contribution in [0.25, 0.3) is 0 Å². The van der Waals surface area contributed by atoms with Gasteiger partial charge in [0.2, 0.25) is 0 Å². The van der Waals surface area contributed by atoms with E-state index in [9.17, 15) is 0 Å². The van der Waals surface area contributed by atoms with Crippen LogP contribution in [0.5, 0.6) is 5.75 Å². The highest BCUT2D eigenvalue weighted by atomic mass is 16.5. The molecule has 2 rings (SSSR count). The molecule has 108 valence electrons. The van der Waals surface area contributed by atoms with Crippen molar-refractivity contribution in [2.75, 3.05) is 39.5 Å². The van der Waals surface area contributed by atoms with E-state index in [4.69, 9.17) is 9.47 Å². The van der Waals surface area contributed by atoms with Crippen LogP contribution in [0.1, 0.15) is 25.3 Å². The molecule has 0 unspecified atom stereocenters. The number of rotatable bonds is 4. The first-order valence-electron chi connectivity index (χ1n) is 7.24. The maximum Gasteiger partial charge on any atom is 0.149 e. The number of benzene rings is 1. The Morgan fingerprint density at radius 1 is 1.15 bits per heavy atom. The average Bonchev–Trinajstić information content (AvgIpc) is 2.48. The van der Waals surface area contributed by atoms with Crippen molar-refractivity contribution >= 4 is 0 Å². The van der Waals surface area contributed by atoms with Crippen LogP contribution in [0.3, 0.4) is 0 Å². The lowest BCUT2D eigenvalue weighted by atomic mass is 10.0. The molecule has 0 radical (unpaired) electrons. The second-order valence-electron chi connectivity index (χ2n) is 5.25. The van der Waals surface area contributed by atoms with Gasteiger partial charge in [0, 0.05) is 13.1 Å². The molecule has 1 aromatic carbocycles. The molecule has 20 heavy (non-hydrogen) atoms. The third-order valence-corrected chi connectivity index (χ3v) is 3.39. The highest BCUT2D eigenvalue weighted by Crippen LogP contribution is 2.18. The maximum absolute atomic E-state index is 5.61. The van der Waals surface area contributed by atoms with Crippen LogP contribution in [0.15, 0.2) is 24.3 Å². The van der Waals surface area contributed by atoms with Crippen LogP contribution in [0.2, 0.25) is 0 Å². The zero-order valence-electron chi connectivity index (χ0n) is 12.4. The molecular weight excluding hydrogens is 250 g/mol. The summed E-state index contributed by atoms with van der Waals surface area (Å²) in [6.45, 7) is 9.23. The molecule has 3 heteroatoms. The normalized spacial score (nSPS) is 15.8. The summed E-state index contributed by atoms with van der Waals surface area (Å²) < 4.78 is 10.9. The zero-order chi connectivity index (χ0) is 14.2. The average molecular weight is 273 g/mol. The molecule has 0 saturated carbocycles. The van der Waals surface area contributed by atoms with E-state index in [-0.39, 0.29) is 0 Å². The standard InChI is InChI=1S/C17H23NO2/c1-15(2)16-5-7-17(8-6-16)20-12-4-3-9-18-10-13-19-14-11-18/h5-8,15H,9-14H2,1-2H3. The highest BCUT2D eigenvalue weighted by molar-refractivity contribution is 5.29. The van der Waals surface area contributed by atoms with Crippen molar-refractivity contribution < 1.29 is 9.47 Å². The number of hydrogen-bond donors (Lipinski definition) is 0. The van der Waals surface area contributed by atoms with Crippen LogP contribution in [0, 0.1) is 11.8 Å². The van der Waals surface area contributed by atoms with Crippen molar-refractivity contribution in [3.63, 3.8) is 0 Å². The molecule has 1 saturated heterocycles. The lowest BCUT2D eigenvalue weighted by Crippen LogP contribution is -2.36. The van der Waals surface area contributed by atoms with E-state index in [1.807, 2.05) is 12.1 Å². The molecule has 0 bridgehead atoms. The first-order valence-corrected chi connectivity index (χ1v) is 7.24. The first kappa shape index (κ1) is 14.9. The lowest BCUT2D eigenvalue weighted by Gasteiger charge is -2.24.